The van der Waals surface area contributed by atoms with Crippen LogP contribution in [0.1, 0.15) is 11.1 Å². The lowest BCUT2D eigenvalue weighted by Crippen LogP contribution is -2.22. The molecule has 0 unspecified atom stereocenters. The van der Waals surface area contributed by atoms with Crippen LogP contribution >= 0.6 is 11.6 Å². The quantitative estimate of drug-likeness (QED) is 0.723. The molecule has 0 spiro atoms. The molecule has 0 saturated heterocycles. The van der Waals surface area contributed by atoms with Gasteiger partial charge in [0.1, 0.15) is 0 Å². The van der Waals surface area contributed by atoms with Gasteiger partial charge >= 0.3 is 0 Å². The lowest BCUT2D eigenvalue weighted by atomic mass is 10.1. The summed E-state index contributed by atoms with van der Waals surface area (Å²) in [6.07, 6.45) is 0. The zero-order valence-electron chi connectivity index (χ0n) is 7.81. The molecule has 1 aromatic rings. The molecule has 1 rings (SSSR count). The minimum absolute atomic E-state index is 0.673. The first-order valence-electron chi connectivity index (χ1n) is 4.40. The molecular weight excluding hydrogens is 184 g/mol. The van der Waals surface area contributed by atoms with Crippen LogP contribution in [0.2, 0.25) is 5.02 Å². The Morgan fingerprint density at radius 1 is 1.46 bits per heavy atom. The second-order valence-electron chi connectivity index (χ2n) is 3.04. The van der Waals surface area contributed by atoms with E-state index < -0.39 is 0 Å². The minimum atomic E-state index is 0.673. The number of rotatable bonds is 4. The number of hydrogen-bond acceptors (Lipinski definition) is 2. The monoisotopic (exact) mass is 198 g/mol. The van der Waals surface area contributed by atoms with Crippen LogP contribution in [0, 0.1) is 6.92 Å². The van der Waals surface area contributed by atoms with Crippen molar-refractivity contribution in [3.05, 3.63) is 34.3 Å². The summed E-state index contributed by atoms with van der Waals surface area (Å²) >= 11 is 5.84. The first-order valence-corrected chi connectivity index (χ1v) is 4.77. The Labute approximate surface area is 84.1 Å². The van der Waals surface area contributed by atoms with Crippen LogP contribution in [0.3, 0.4) is 0 Å². The molecule has 0 bridgehead atoms. The second-order valence-corrected chi connectivity index (χ2v) is 3.47. The summed E-state index contributed by atoms with van der Waals surface area (Å²) in [6.45, 7) is 4.44. The highest BCUT2D eigenvalue weighted by atomic mass is 35.5. The summed E-state index contributed by atoms with van der Waals surface area (Å²) in [5, 5.41) is 4.04. The van der Waals surface area contributed by atoms with Crippen molar-refractivity contribution in [1.29, 1.82) is 0 Å². The van der Waals surface area contributed by atoms with Gasteiger partial charge in [-0.05, 0) is 30.2 Å². The fraction of sp³-hybridized carbons (Fsp3) is 0.400. The van der Waals surface area contributed by atoms with Gasteiger partial charge in [-0.1, -0.05) is 17.7 Å². The lowest BCUT2D eigenvalue weighted by Gasteiger charge is -2.06. The predicted molar refractivity (Wildman–Crippen MR) is 57.0 cm³/mol. The van der Waals surface area contributed by atoms with Gasteiger partial charge in [-0.3, -0.25) is 0 Å². The van der Waals surface area contributed by atoms with Crippen LogP contribution in [0.5, 0.6) is 0 Å². The normalized spacial score (nSPS) is 10.4. The summed E-state index contributed by atoms with van der Waals surface area (Å²) in [4.78, 5) is 0. The van der Waals surface area contributed by atoms with Crippen LogP contribution < -0.4 is 11.1 Å². The molecule has 0 saturated carbocycles. The standard InChI is InChI=1S/C10H15ClN2/c1-8-6-10(11)3-2-9(8)7-13-5-4-12/h2-3,6,13H,4-5,7,12H2,1H3. The minimum Gasteiger partial charge on any atom is -0.329 e. The van der Waals surface area contributed by atoms with Crippen molar-refractivity contribution in [1.82, 2.24) is 5.32 Å². The fourth-order valence-corrected chi connectivity index (χ4v) is 1.41. The summed E-state index contributed by atoms with van der Waals surface area (Å²) in [5.74, 6) is 0. The van der Waals surface area contributed by atoms with Crippen LogP contribution in [0.4, 0.5) is 0 Å². The van der Waals surface area contributed by atoms with E-state index in [0.29, 0.717) is 6.54 Å². The molecular formula is C10H15ClN2. The molecule has 72 valence electrons. The molecule has 3 N–H and O–H groups in total. The Morgan fingerprint density at radius 3 is 2.85 bits per heavy atom. The Balaban J connectivity index is 2.56. The van der Waals surface area contributed by atoms with Crippen LogP contribution in [-0.2, 0) is 6.54 Å². The molecule has 0 heterocycles. The SMILES string of the molecule is Cc1cc(Cl)ccc1CNCCN. The van der Waals surface area contributed by atoms with Crippen molar-refractivity contribution < 1.29 is 0 Å². The predicted octanol–water partition coefficient (Wildman–Crippen LogP) is 1.70. The first kappa shape index (κ1) is 10.5. The van der Waals surface area contributed by atoms with E-state index in [9.17, 15) is 0 Å². The first-order chi connectivity index (χ1) is 6.24. The third-order valence-corrected chi connectivity index (χ3v) is 2.18. The maximum Gasteiger partial charge on any atom is 0.0408 e. The molecule has 1 aromatic carbocycles. The molecule has 0 aliphatic rings. The summed E-state index contributed by atoms with van der Waals surface area (Å²) in [6, 6.07) is 5.93. The van der Waals surface area contributed by atoms with Gasteiger partial charge < -0.3 is 11.1 Å². The summed E-state index contributed by atoms with van der Waals surface area (Å²) < 4.78 is 0. The third kappa shape index (κ3) is 3.35. The van der Waals surface area contributed by atoms with Gasteiger partial charge in [-0.2, -0.15) is 0 Å². The average molecular weight is 199 g/mol. The maximum absolute atomic E-state index is 5.84. The van der Waals surface area contributed by atoms with Crippen molar-refractivity contribution in [2.45, 2.75) is 13.5 Å². The molecule has 0 atom stereocenters. The Kier molecular flexibility index (Phi) is 4.22. The average Bonchev–Trinajstić information content (AvgIpc) is 2.09. The van der Waals surface area contributed by atoms with Gasteiger partial charge in [0.15, 0.2) is 0 Å². The molecule has 0 aliphatic carbocycles. The van der Waals surface area contributed by atoms with E-state index in [0.717, 1.165) is 18.1 Å². The van der Waals surface area contributed by atoms with Crippen molar-refractivity contribution >= 4 is 11.6 Å². The topological polar surface area (TPSA) is 38.0 Å². The molecule has 0 aromatic heterocycles. The molecule has 13 heavy (non-hydrogen) atoms. The number of nitrogens with one attached hydrogen (secondary N) is 1. The zero-order chi connectivity index (χ0) is 9.68. The molecule has 0 aliphatic heterocycles. The Bertz CT molecular complexity index is 274. The van der Waals surface area contributed by atoms with E-state index in [-0.39, 0.29) is 0 Å². The second kappa shape index (κ2) is 5.22. The largest absolute Gasteiger partial charge is 0.329 e. The van der Waals surface area contributed by atoms with Gasteiger partial charge in [0.05, 0.1) is 0 Å². The van der Waals surface area contributed by atoms with E-state index in [4.69, 9.17) is 17.3 Å². The van der Waals surface area contributed by atoms with Crippen molar-refractivity contribution in [2.75, 3.05) is 13.1 Å². The van der Waals surface area contributed by atoms with Crippen molar-refractivity contribution in [3.63, 3.8) is 0 Å². The molecule has 0 fully saturated rings. The van der Waals surface area contributed by atoms with E-state index in [1.807, 2.05) is 18.2 Å². The Morgan fingerprint density at radius 2 is 2.23 bits per heavy atom. The van der Waals surface area contributed by atoms with Crippen molar-refractivity contribution in [2.24, 2.45) is 5.73 Å². The van der Waals surface area contributed by atoms with Crippen LogP contribution in [-0.4, -0.2) is 13.1 Å². The zero-order valence-corrected chi connectivity index (χ0v) is 8.56. The number of halogens is 1. The molecule has 2 nitrogen and oxygen atoms in total. The molecule has 0 radical (unpaired) electrons. The number of hydrogen-bond donors (Lipinski definition) is 2. The van der Waals surface area contributed by atoms with Crippen molar-refractivity contribution in [3.8, 4) is 0 Å². The highest BCUT2D eigenvalue weighted by Crippen LogP contribution is 2.14. The molecule has 3 heteroatoms. The lowest BCUT2D eigenvalue weighted by molar-refractivity contribution is 0.692. The van der Waals surface area contributed by atoms with E-state index in [2.05, 4.69) is 12.2 Å². The number of benzene rings is 1. The van der Waals surface area contributed by atoms with Gasteiger partial charge in [-0.15, -0.1) is 0 Å². The van der Waals surface area contributed by atoms with Gasteiger partial charge in [-0.25, -0.2) is 0 Å². The number of nitrogens with two attached hydrogens (primary N) is 1. The Hall–Kier alpha value is -0.570. The van der Waals surface area contributed by atoms with E-state index >= 15 is 0 Å². The summed E-state index contributed by atoms with van der Waals surface area (Å²) in [7, 11) is 0. The van der Waals surface area contributed by atoms with Gasteiger partial charge in [0, 0.05) is 24.7 Å². The fourth-order valence-electron chi connectivity index (χ4n) is 1.18. The van der Waals surface area contributed by atoms with Gasteiger partial charge in [0.25, 0.3) is 0 Å². The van der Waals surface area contributed by atoms with Crippen LogP contribution in [0.25, 0.3) is 0 Å². The number of aryl methyl sites for hydroxylation is 1. The molecule has 0 amide bonds. The smallest absolute Gasteiger partial charge is 0.0408 e. The highest BCUT2D eigenvalue weighted by Gasteiger charge is 1.97. The third-order valence-electron chi connectivity index (χ3n) is 1.94. The maximum atomic E-state index is 5.84. The van der Waals surface area contributed by atoms with E-state index in [1.54, 1.807) is 0 Å². The van der Waals surface area contributed by atoms with Gasteiger partial charge in [0.2, 0.25) is 0 Å². The van der Waals surface area contributed by atoms with E-state index in [1.165, 1.54) is 11.1 Å². The van der Waals surface area contributed by atoms with Crippen LogP contribution in [0.15, 0.2) is 18.2 Å². The highest BCUT2D eigenvalue weighted by molar-refractivity contribution is 6.30. The summed E-state index contributed by atoms with van der Waals surface area (Å²) in [5.41, 5.74) is 7.87.